The quantitative estimate of drug-likeness (QED) is 0.756. The smallest absolute Gasteiger partial charge is 0.346 e. The Morgan fingerprint density at radius 1 is 1.23 bits per heavy atom. The number of sulfonamides is 1. The molecule has 6 nitrogen and oxygen atoms in total. The average Bonchev–Trinajstić information content (AvgIpc) is 3.21. The van der Waals surface area contributed by atoms with Gasteiger partial charge in [0.1, 0.15) is 5.65 Å². The van der Waals surface area contributed by atoms with Crippen LogP contribution in [0.15, 0.2) is 36.9 Å². The summed E-state index contributed by atoms with van der Waals surface area (Å²) in [4.78, 5) is 11.4. The molecule has 0 aliphatic carbocycles. The average molecular weight is 382 g/mol. The number of hydrogen-bond acceptors (Lipinski definition) is 4. The molecule has 0 saturated carbocycles. The van der Waals surface area contributed by atoms with Crippen LogP contribution in [0.5, 0.6) is 0 Å². The molecule has 3 aromatic heterocycles. The summed E-state index contributed by atoms with van der Waals surface area (Å²) in [5.74, 6) is -1.86. The fraction of sp³-hybridized carbons (Fsp3) is 0.250. The summed E-state index contributed by atoms with van der Waals surface area (Å²) in [5.41, 5.74) is 1.99. The molecule has 26 heavy (non-hydrogen) atoms. The van der Waals surface area contributed by atoms with Crippen LogP contribution in [-0.2, 0) is 10.0 Å². The Bertz CT molecular complexity index is 1140. The van der Waals surface area contributed by atoms with Crippen molar-refractivity contribution in [2.45, 2.75) is 6.18 Å². The van der Waals surface area contributed by atoms with Crippen LogP contribution in [0.2, 0.25) is 0 Å². The van der Waals surface area contributed by atoms with E-state index in [1.807, 2.05) is 6.07 Å². The maximum absolute atomic E-state index is 12.5. The lowest BCUT2D eigenvalue weighted by molar-refractivity contribution is -0.106. The number of fused-ring (bicyclic) bond motifs is 3. The highest BCUT2D eigenvalue weighted by molar-refractivity contribution is 7.89. The SMILES string of the molecule is O=S(=O)(CC(F)(F)F)N1CC=C(c2cncc3cnc4[nH]ccc4c23)C1. The molecule has 1 N–H and O–H groups in total. The van der Waals surface area contributed by atoms with Crippen LogP contribution in [0, 0.1) is 0 Å². The van der Waals surface area contributed by atoms with E-state index >= 15 is 0 Å². The van der Waals surface area contributed by atoms with Gasteiger partial charge in [-0.2, -0.15) is 17.5 Å². The van der Waals surface area contributed by atoms with Gasteiger partial charge in [-0.1, -0.05) is 6.08 Å². The van der Waals surface area contributed by atoms with Crippen LogP contribution in [0.4, 0.5) is 13.2 Å². The van der Waals surface area contributed by atoms with Crippen molar-refractivity contribution >= 4 is 37.4 Å². The number of pyridine rings is 2. The first-order chi connectivity index (χ1) is 12.2. The third-order valence-electron chi connectivity index (χ3n) is 4.28. The van der Waals surface area contributed by atoms with E-state index < -0.39 is 22.0 Å². The zero-order valence-corrected chi connectivity index (χ0v) is 14.1. The third kappa shape index (κ3) is 2.95. The second kappa shape index (κ2) is 5.78. The first-order valence-electron chi connectivity index (χ1n) is 7.68. The maximum atomic E-state index is 12.5. The van der Waals surface area contributed by atoms with Gasteiger partial charge in [0.25, 0.3) is 0 Å². The molecule has 1 aliphatic heterocycles. The van der Waals surface area contributed by atoms with Gasteiger partial charge in [0.15, 0.2) is 5.75 Å². The largest absolute Gasteiger partial charge is 0.404 e. The van der Waals surface area contributed by atoms with Crippen molar-refractivity contribution in [1.29, 1.82) is 0 Å². The van der Waals surface area contributed by atoms with E-state index in [1.165, 1.54) is 0 Å². The Balaban J connectivity index is 1.73. The topological polar surface area (TPSA) is 79.0 Å². The molecule has 1 aliphatic rings. The molecule has 0 aromatic carbocycles. The highest BCUT2D eigenvalue weighted by Gasteiger charge is 2.39. The Kier molecular flexibility index (Phi) is 3.77. The van der Waals surface area contributed by atoms with Crippen LogP contribution in [0.3, 0.4) is 0 Å². The van der Waals surface area contributed by atoms with Crippen LogP contribution in [0.1, 0.15) is 5.56 Å². The van der Waals surface area contributed by atoms with Crippen LogP contribution < -0.4 is 0 Å². The minimum Gasteiger partial charge on any atom is -0.346 e. The molecular formula is C16H13F3N4O2S. The van der Waals surface area contributed by atoms with E-state index in [9.17, 15) is 21.6 Å². The maximum Gasteiger partial charge on any atom is 0.404 e. The van der Waals surface area contributed by atoms with Crippen molar-refractivity contribution in [2.75, 3.05) is 18.8 Å². The summed E-state index contributed by atoms with van der Waals surface area (Å²) in [6.07, 6.45) is 3.49. The van der Waals surface area contributed by atoms with Crippen LogP contribution in [-0.4, -0.2) is 52.7 Å². The van der Waals surface area contributed by atoms with Gasteiger partial charge in [-0.25, -0.2) is 13.4 Å². The van der Waals surface area contributed by atoms with Crippen LogP contribution in [0.25, 0.3) is 27.4 Å². The number of alkyl halides is 3. The zero-order chi connectivity index (χ0) is 18.5. The Morgan fingerprint density at radius 3 is 2.81 bits per heavy atom. The number of rotatable bonds is 3. The highest BCUT2D eigenvalue weighted by atomic mass is 32.2. The van der Waals surface area contributed by atoms with Gasteiger partial charge in [0.05, 0.1) is 0 Å². The molecular weight excluding hydrogens is 369 g/mol. The molecule has 3 aromatic rings. The lowest BCUT2D eigenvalue weighted by Gasteiger charge is -2.18. The van der Waals surface area contributed by atoms with E-state index in [1.54, 1.807) is 30.9 Å². The van der Waals surface area contributed by atoms with E-state index in [-0.39, 0.29) is 13.1 Å². The first-order valence-corrected chi connectivity index (χ1v) is 9.29. The molecule has 4 rings (SSSR count). The molecule has 0 fully saturated rings. The minimum absolute atomic E-state index is 0.0918. The van der Waals surface area contributed by atoms with E-state index in [2.05, 4.69) is 15.0 Å². The normalized spacial score (nSPS) is 16.5. The molecule has 0 unspecified atom stereocenters. The summed E-state index contributed by atoms with van der Waals surface area (Å²) >= 11 is 0. The summed E-state index contributed by atoms with van der Waals surface area (Å²) in [7, 11) is -4.43. The fourth-order valence-corrected chi connectivity index (χ4v) is 4.39. The minimum atomic E-state index is -4.77. The number of nitrogens with zero attached hydrogens (tertiary/aromatic N) is 3. The number of H-pyrrole nitrogens is 1. The summed E-state index contributed by atoms with van der Waals surface area (Å²) < 4.78 is 62.4. The van der Waals surface area contributed by atoms with Gasteiger partial charge in [0, 0.05) is 59.6 Å². The second-order valence-corrected chi connectivity index (χ2v) is 8.01. The summed E-state index contributed by atoms with van der Waals surface area (Å²) in [5, 5.41) is 2.46. The van der Waals surface area contributed by atoms with Crippen molar-refractivity contribution in [2.24, 2.45) is 0 Å². The predicted molar refractivity (Wildman–Crippen MR) is 90.8 cm³/mol. The van der Waals surface area contributed by atoms with Crippen molar-refractivity contribution in [1.82, 2.24) is 19.3 Å². The molecule has 0 amide bonds. The molecule has 10 heteroatoms. The zero-order valence-electron chi connectivity index (χ0n) is 13.3. The lowest BCUT2D eigenvalue weighted by atomic mass is 10.0. The van der Waals surface area contributed by atoms with E-state index in [0.29, 0.717) is 16.8 Å². The van der Waals surface area contributed by atoms with Gasteiger partial charge in [-0.3, -0.25) is 4.98 Å². The summed E-state index contributed by atoms with van der Waals surface area (Å²) in [6, 6.07) is 1.85. The highest BCUT2D eigenvalue weighted by Crippen LogP contribution is 2.33. The van der Waals surface area contributed by atoms with Crippen molar-refractivity contribution in [3.8, 4) is 0 Å². The third-order valence-corrected chi connectivity index (χ3v) is 6.03. The Hall–Kier alpha value is -2.46. The van der Waals surface area contributed by atoms with Crippen molar-refractivity contribution < 1.29 is 21.6 Å². The first kappa shape index (κ1) is 17.0. The fourth-order valence-electron chi connectivity index (χ4n) is 3.16. The number of aromatic nitrogens is 3. The Morgan fingerprint density at radius 2 is 2.04 bits per heavy atom. The van der Waals surface area contributed by atoms with Gasteiger partial charge in [0.2, 0.25) is 10.0 Å². The molecule has 0 spiro atoms. The number of halogens is 3. The molecule has 0 atom stereocenters. The molecule has 0 saturated heterocycles. The van der Waals surface area contributed by atoms with Gasteiger partial charge in [-0.05, 0) is 11.6 Å². The lowest BCUT2D eigenvalue weighted by Crippen LogP contribution is -2.36. The van der Waals surface area contributed by atoms with Gasteiger partial charge in [-0.15, -0.1) is 0 Å². The second-order valence-electron chi connectivity index (χ2n) is 6.04. The van der Waals surface area contributed by atoms with E-state index in [4.69, 9.17) is 0 Å². The van der Waals surface area contributed by atoms with Gasteiger partial charge < -0.3 is 4.98 Å². The monoisotopic (exact) mass is 382 g/mol. The molecule has 136 valence electrons. The molecule has 0 bridgehead atoms. The van der Waals surface area contributed by atoms with Crippen molar-refractivity contribution in [3.05, 3.63) is 42.5 Å². The van der Waals surface area contributed by atoms with Crippen LogP contribution >= 0.6 is 0 Å². The molecule has 0 radical (unpaired) electrons. The van der Waals surface area contributed by atoms with Gasteiger partial charge >= 0.3 is 6.18 Å². The number of nitrogens with one attached hydrogen (secondary N) is 1. The number of aromatic amines is 1. The van der Waals surface area contributed by atoms with E-state index in [0.717, 1.165) is 20.5 Å². The standard InChI is InChI=1S/C16H13F3N4O2S/c17-16(18,19)9-26(24,25)23-4-2-10(8-23)13-7-20-5-11-6-22-15-12(14(11)13)1-3-21-15/h1-3,5-7H,4,8-9H2,(H,21,22). The molecule has 4 heterocycles. The number of hydrogen-bond donors (Lipinski definition) is 1. The summed E-state index contributed by atoms with van der Waals surface area (Å²) in [6.45, 7) is -0.209. The van der Waals surface area contributed by atoms with Crippen molar-refractivity contribution in [3.63, 3.8) is 0 Å². The Labute approximate surface area is 146 Å². The predicted octanol–water partition coefficient (Wildman–Crippen LogP) is 2.70.